The Labute approximate surface area is 153 Å². The first-order valence-electron chi connectivity index (χ1n) is 7.44. The van der Waals surface area contributed by atoms with Gasteiger partial charge in [0.25, 0.3) is 0 Å². The zero-order valence-corrected chi connectivity index (χ0v) is 15.1. The van der Waals surface area contributed by atoms with Crippen molar-refractivity contribution in [2.24, 2.45) is 0 Å². The van der Waals surface area contributed by atoms with E-state index in [1.54, 1.807) is 0 Å². The fourth-order valence-electron chi connectivity index (χ4n) is 2.47. The molecule has 4 heteroatoms. The Hall–Kier alpha value is -2.13. The summed E-state index contributed by atoms with van der Waals surface area (Å²) >= 11 is 12.0. The van der Waals surface area contributed by atoms with Crippen LogP contribution in [0.4, 0.5) is 0 Å². The van der Waals surface area contributed by atoms with Gasteiger partial charge in [0.05, 0.1) is 16.5 Å². The second-order valence-electron chi connectivity index (χ2n) is 5.83. The van der Waals surface area contributed by atoms with Crippen LogP contribution in [0, 0.1) is 23.7 Å². The van der Waals surface area contributed by atoms with E-state index in [4.69, 9.17) is 34.4 Å². The first-order valence-corrected chi connectivity index (χ1v) is 8.35. The number of nitrogens with zero attached hydrogens (tertiary/aromatic N) is 1. The Kier molecular flexibility index (Phi) is 5.79. The largest absolute Gasteiger partial charge is 0.489 e. The Bertz CT molecular complexity index is 811. The van der Waals surface area contributed by atoms with E-state index in [-0.39, 0.29) is 5.41 Å². The Morgan fingerprint density at radius 3 is 2.38 bits per heavy atom. The van der Waals surface area contributed by atoms with Gasteiger partial charge in [0.2, 0.25) is 0 Å². The highest BCUT2D eigenvalue weighted by Gasteiger charge is 2.25. The first-order chi connectivity index (χ1) is 11.4. The molecule has 0 fully saturated rings. The lowest BCUT2D eigenvalue weighted by molar-refractivity contribution is 0.341. The number of alkyl halides is 1. The van der Waals surface area contributed by atoms with E-state index in [2.05, 4.69) is 25.8 Å². The van der Waals surface area contributed by atoms with Gasteiger partial charge < -0.3 is 4.74 Å². The summed E-state index contributed by atoms with van der Waals surface area (Å²) in [6.07, 6.45) is 5.41. The summed E-state index contributed by atoms with van der Waals surface area (Å²) in [4.78, 5) is 0. The molecule has 0 atom stereocenters. The smallest absolute Gasteiger partial charge is 0.155 e. The van der Waals surface area contributed by atoms with Crippen LogP contribution in [0.25, 0.3) is 0 Å². The standard InChI is InChI=1S/C20H17Cl2NO/c1-4-14-5-7-16(8-6-14)20(2,3)17-11-15(13-23)19(18(22)12-17)24-10-9-21/h1,5-8,11-12H,9-10H2,2-3H3. The molecule has 0 aliphatic rings. The van der Waals surface area contributed by atoms with Crippen LogP contribution in [0.15, 0.2) is 36.4 Å². The maximum Gasteiger partial charge on any atom is 0.155 e. The van der Waals surface area contributed by atoms with Gasteiger partial charge >= 0.3 is 0 Å². The summed E-state index contributed by atoms with van der Waals surface area (Å²) in [5, 5.41) is 9.83. The maximum atomic E-state index is 9.43. The fraction of sp³-hybridized carbons (Fsp3) is 0.250. The molecule has 2 rings (SSSR count). The minimum Gasteiger partial charge on any atom is -0.489 e. The minimum absolute atomic E-state index is 0.298. The number of benzene rings is 2. The third-order valence-corrected chi connectivity index (χ3v) is 4.42. The Balaban J connectivity index is 2.48. The molecule has 0 unspecified atom stereocenters. The van der Waals surface area contributed by atoms with Gasteiger partial charge in [0.1, 0.15) is 12.7 Å². The van der Waals surface area contributed by atoms with E-state index in [9.17, 15) is 5.26 Å². The van der Waals surface area contributed by atoms with Crippen LogP contribution in [-0.4, -0.2) is 12.5 Å². The number of rotatable bonds is 5. The number of nitriles is 1. The van der Waals surface area contributed by atoms with Gasteiger partial charge in [0.15, 0.2) is 5.75 Å². The van der Waals surface area contributed by atoms with Crippen molar-refractivity contribution in [1.29, 1.82) is 5.26 Å². The quantitative estimate of drug-likeness (QED) is 0.548. The van der Waals surface area contributed by atoms with Crippen LogP contribution in [0.1, 0.15) is 36.1 Å². The number of hydrogen-bond acceptors (Lipinski definition) is 2. The average Bonchev–Trinajstić information content (AvgIpc) is 2.60. The van der Waals surface area contributed by atoms with Crippen LogP contribution in [0.5, 0.6) is 5.75 Å². The lowest BCUT2D eigenvalue weighted by atomic mass is 9.77. The van der Waals surface area contributed by atoms with E-state index in [1.165, 1.54) is 0 Å². The SMILES string of the molecule is C#Cc1ccc(C(C)(C)c2cc(Cl)c(OCCCl)c(C#N)c2)cc1. The summed E-state index contributed by atoms with van der Waals surface area (Å²) in [5.74, 6) is 3.31. The average molecular weight is 358 g/mol. The third-order valence-electron chi connectivity index (χ3n) is 3.98. The van der Waals surface area contributed by atoms with Gasteiger partial charge in [-0.2, -0.15) is 5.26 Å². The molecule has 0 aromatic heterocycles. The Morgan fingerprint density at radius 1 is 1.17 bits per heavy atom. The van der Waals surface area contributed by atoms with Crippen molar-refractivity contribution in [2.75, 3.05) is 12.5 Å². The van der Waals surface area contributed by atoms with Crippen LogP contribution >= 0.6 is 23.2 Å². The highest BCUT2D eigenvalue weighted by atomic mass is 35.5. The summed E-state index contributed by atoms with van der Waals surface area (Å²) in [6.45, 7) is 4.44. The molecule has 24 heavy (non-hydrogen) atoms. The molecule has 0 saturated carbocycles. The molecular formula is C20H17Cl2NO. The van der Waals surface area contributed by atoms with Gasteiger partial charge in [0, 0.05) is 11.0 Å². The lowest BCUT2D eigenvalue weighted by Gasteiger charge is -2.27. The predicted octanol–water partition coefficient (Wildman–Crippen LogP) is 5.14. The van der Waals surface area contributed by atoms with E-state index < -0.39 is 0 Å². The van der Waals surface area contributed by atoms with Crippen molar-refractivity contribution in [3.05, 3.63) is 63.7 Å². The molecule has 0 saturated heterocycles. The summed E-state index contributed by atoms with van der Waals surface area (Å²) in [7, 11) is 0. The van der Waals surface area contributed by atoms with Gasteiger partial charge in [-0.15, -0.1) is 18.0 Å². The van der Waals surface area contributed by atoms with Gasteiger partial charge in [-0.1, -0.05) is 43.5 Å². The molecule has 2 aromatic rings. The third kappa shape index (κ3) is 3.68. The number of hydrogen-bond donors (Lipinski definition) is 0. The first kappa shape index (κ1) is 18.2. The molecule has 122 valence electrons. The second-order valence-corrected chi connectivity index (χ2v) is 6.62. The minimum atomic E-state index is -0.340. The molecule has 0 spiro atoms. The highest BCUT2D eigenvalue weighted by molar-refractivity contribution is 6.32. The van der Waals surface area contributed by atoms with Crippen molar-refractivity contribution in [3.63, 3.8) is 0 Å². The summed E-state index contributed by atoms with van der Waals surface area (Å²) < 4.78 is 5.50. The zero-order chi connectivity index (χ0) is 17.7. The van der Waals surface area contributed by atoms with Crippen molar-refractivity contribution in [3.8, 4) is 24.2 Å². The van der Waals surface area contributed by atoms with Crippen LogP contribution in [0.2, 0.25) is 5.02 Å². The summed E-state index contributed by atoms with van der Waals surface area (Å²) in [5.41, 5.74) is 2.89. The normalized spacial score (nSPS) is 10.8. The molecule has 0 aliphatic heterocycles. The second kappa shape index (κ2) is 7.63. The van der Waals surface area contributed by atoms with Gasteiger partial charge in [-0.05, 0) is 35.4 Å². The van der Waals surface area contributed by atoms with Gasteiger partial charge in [-0.3, -0.25) is 0 Å². The number of ether oxygens (including phenoxy) is 1. The fourth-order valence-corrected chi connectivity index (χ4v) is 2.83. The van der Waals surface area contributed by atoms with Crippen molar-refractivity contribution >= 4 is 23.2 Å². The topological polar surface area (TPSA) is 33.0 Å². The van der Waals surface area contributed by atoms with E-state index in [1.807, 2.05) is 36.4 Å². The molecule has 2 nitrogen and oxygen atoms in total. The van der Waals surface area contributed by atoms with E-state index in [0.717, 1.165) is 16.7 Å². The van der Waals surface area contributed by atoms with Crippen molar-refractivity contribution < 1.29 is 4.74 Å². The van der Waals surface area contributed by atoms with E-state index >= 15 is 0 Å². The van der Waals surface area contributed by atoms with Crippen molar-refractivity contribution in [1.82, 2.24) is 0 Å². The lowest BCUT2D eigenvalue weighted by Crippen LogP contribution is -2.19. The molecule has 0 N–H and O–H groups in total. The van der Waals surface area contributed by atoms with Crippen molar-refractivity contribution in [2.45, 2.75) is 19.3 Å². The molecule has 2 aromatic carbocycles. The van der Waals surface area contributed by atoms with E-state index in [0.29, 0.717) is 28.8 Å². The van der Waals surface area contributed by atoms with Crippen LogP contribution in [-0.2, 0) is 5.41 Å². The Morgan fingerprint density at radius 2 is 1.83 bits per heavy atom. The molecular weight excluding hydrogens is 341 g/mol. The zero-order valence-electron chi connectivity index (χ0n) is 13.6. The monoisotopic (exact) mass is 357 g/mol. The summed E-state index contributed by atoms with van der Waals surface area (Å²) in [6, 6.07) is 13.6. The molecule has 0 heterocycles. The number of terminal acetylenes is 1. The molecule has 0 bridgehead atoms. The maximum absolute atomic E-state index is 9.43. The molecule has 0 aliphatic carbocycles. The van der Waals surface area contributed by atoms with Gasteiger partial charge in [-0.25, -0.2) is 0 Å². The van der Waals surface area contributed by atoms with Crippen LogP contribution in [0.3, 0.4) is 0 Å². The molecule has 0 amide bonds. The van der Waals surface area contributed by atoms with Crippen LogP contribution < -0.4 is 4.74 Å². The molecule has 0 radical (unpaired) electrons. The number of halogens is 2. The predicted molar refractivity (Wildman–Crippen MR) is 98.9 cm³/mol. The highest BCUT2D eigenvalue weighted by Crippen LogP contribution is 2.38.